The molecule has 1 N–H and O–H groups in total. The molecular formula is C20H26ClN3O2. The fourth-order valence-electron chi connectivity index (χ4n) is 3.24. The number of carbonyl (C=O) groups is 1. The van der Waals surface area contributed by atoms with Crippen molar-refractivity contribution in [3.63, 3.8) is 0 Å². The summed E-state index contributed by atoms with van der Waals surface area (Å²) >= 11 is 6.12. The number of amides is 1. The molecule has 0 unspecified atom stereocenters. The number of ether oxygens (including phenoxy) is 1. The van der Waals surface area contributed by atoms with Gasteiger partial charge in [-0.25, -0.2) is 9.78 Å². The van der Waals surface area contributed by atoms with E-state index in [1.54, 1.807) is 0 Å². The molecule has 1 aliphatic rings. The van der Waals surface area contributed by atoms with Gasteiger partial charge in [-0.15, -0.1) is 0 Å². The lowest BCUT2D eigenvalue weighted by Gasteiger charge is -2.42. The maximum Gasteiger partial charge on any atom is 0.407 e. The summed E-state index contributed by atoms with van der Waals surface area (Å²) < 4.78 is 5.32. The van der Waals surface area contributed by atoms with Gasteiger partial charge in [-0.05, 0) is 49.8 Å². The van der Waals surface area contributed by atoms with E-state index in [1.165, 1.54) is 5.56 Å². The lowest BCUT2D eigenvalue weighted by Crippen LogP contribution is -2.60. The van der Waals surface area contributed by atoms with Gasteiger partial charge >= 0.3 is 6.09 Å². The van der Waals surface area contributed by atoms with Crippen molar-refractivity contribution in [1.29, 1.82) is 0 Å². The van der Waals surface area contributed by atoms with Crippen molar-refractivity contribution in [2.24, 2.45) is 0 Å². The first-order valence-electron chi connectivity index (χ1n) is 8.96. The molecule has 1 fully saturated rings. The Labute approximate surface area is 159 Å². The highest BCUT2D eigenvalue weighted by atomic mass is 35.5. The summed E-state index contributed by atoms with van der Waals surface area (Å²) in [5.41, 5.74) is 1.90. The number of carbonyl (C=O) groups excluding carboxylic acids is 1. The topological polar surface area (TPSA) is 54.5 Å². The van der Waals surface area contributed by atoms with E-state index >= 15 is 0 Å². The highest BCUT2D eigenvalue weighted by Crippen LogP contribution is 2.35. The summed E-state index contributed by atoms with van der Waals surface area (Å²) in [6.45, 7) is 11.4. The van der Waals surface area contributed by atoms with E-state index in [4.69, 9.17) is 16.3 Å². The zero-order chi connectivity index (χ0) is 19.1. The van der Waals surface area contributed by atoms with Crippen LogP contribution in [0.5, 0.6) is 0 Å². The first kappa shape index (κ1) is 18.8. The van der Waals surface area contributed by atoms with Crippen LogP contribution in [0.15, 0.2) is 24.4 Å². The van der Waals surface area contributed by atoms with Crippen LogP contribution < -0.4 is 10.2 Å². The third-order valence-electron chi connectivity index (χ3n) is 4.44. The minimum atomic E-state index is -0.485. The summed E-state index contributed by atoms with van der Waals surface area (Å²) in [6.07, 6.45) is 1.48. The fraction of sp³-hybridized carbons (Fsp3) is 0.500. The molecule has 0 aliphatic carbocycles. The van der Waals surface area contributed by atoms with E-state index in [9.17, 15) is 4.79 Å². The smallest absolute Gasteiger partial charge is 0.407 e. The predicted octanol–water partition coefficient (Wildman–Crippen LogP) is 4.72. The van der Waals surface area contributed by atoms with Crippen molar-refractivity contribution in [3.8, 4) is 0 Å². The molecule has 2 aromatic rings. The minimum Gasteiger partial charge on any atom is -0.444 e. The highest BCUT2D eigenvalue weighted by molar-refractivity contribution is 6.30. The van der Waals surface area contributed by atoms with Crippen LogP contribution in [0.4, 0.5) is 10.5 Å². The number of halogens is 1. The van der Waals surface area contributed by atoms with E-state index < -0.39 is 5.60 Å². The van der Waals surface area contributed by atoms with Gasteiger partial charge in [0.25, 0.3) is 0 Å². The summed E-state index contributed by atoms with van der Waals surface area (Å²) in [5.74, 6) is 0.406. The number of pyridine rings is 1. The molecule has 0 saturated carbocycles. The van der Waals surface area contributed by atoms with Gasteiger partial charge in [0, 0.05) is 30.4 Å². The van der Waals surface area contributed by atoms with Crippen molar-refractivity contribution in [2.45, 2.75) is 52.2 Å². The lowest BCUT2D eigenvalue weighted by atomic mass is 9.95. The van der Waals surface area contributed by atoms with Crippen LogP contribution in [-0.4, -0.2) is 35.8 Å². The number of benzene rings is 1. The van der Waals surface area contributed by atoms with Crippen LogP contribution in [0.2, 0.25) is 5.15 Å². The molecule has 0 spiro atoms. The van der Waals surface area contributed by atoms with Crippen LogP contribution >= 0.6 is 11.6 Å². The van der Waals surface area contributed by atoms with Crippen molar-refractivity contribution in [2.75, 3.05) is 18.0 Å². The Bertz CT molecular complexity index is 824. The molecule has 5 nitrogen and oxygen atoms in total. The van der Waals surface area contributed by atoms with Gasteiger partial charge in [0.15, 0.2) is 0 Å². The van der Waals surface area contributed by atoms with Crippen LogP contribution in [0.1, 0.15) is 46.1 Å². The van der Waals surface area contributed by atoms with E-state index in [0.29, 0.717) is 11.1 Å². The second kappa shape index (κ2) is 6.95. The number of fused-ring (bicyclic) bond motifs is 1. The van der Waals surface area contributed by atoms with Crippen LogP contribution in [0.3, 0.4) is 0 Å². The number of aromatic nitrogens is 1. The third-order valence-corrected chi connectivity index (χ3v) is 4.65. The summed E-state index contributed by atoms with van der Waals surface area (Å²) in [5, 5.41) is 5.66. The normalized spacial score (nSPS) is 15.3. The number of hydrogen-bond acceptors (Lipinski definition) is 4. The molecule has 0 atom stereocenters. The maximum atomic E-state index is 11.9. The lowest BCUT2D eigenvalue weighted by molar-refractivity contribution is 0.0496. The number of anilines is 1. The average Bonchev–Trinajstić information content (AvgIpc) is 2.47. The molecule has 0 radical (unpaired) electrons. The highest BCUT2D eigenvalue weighted by Gasteiger charge is 2.31. The number of nitrogens with one attached hydrogen (secondary N) is 1. The van der Waals surface area contributed by atoms with Gasteiger partial charge in [0.2, 0.25) is 0 Å². The SMILES string of the molecule is CC(C)c1ccc(N2CC(NC(=O)OC(C)(C)C)C2)c2cnc(Cl)cc12. The fourth-order valence-corrected chi connectivity index (χ4v) is 3.40. The molecule has 1 aromatic carbocycles. The van der Waals surface area contributed by atoms with Gasteiger partial charge in [-0.3, -0.25) is 0 Å². The Balaban J connectivity index is 1.75. The molecule has 3 rings (SSSR count). The molecule has 26 heavy (non-hydrogen) atoms. The Morgan fingerprint density at radius 2 is 2.00 bits per heavy atom. The van der Waals surface area contributed by atoms with Gasteiger partial charge in [0.05, 0.1) is 6.04 Å². The summed E-state index contributed by atoms with van der Waals surface area (Å²) in [4.78, 5) is 18.4. The largest absolute Gasteiger partial charge is 0.444 e. The third kappa shape index (κ3) is 4.04. The van der Waals surface area contributed by atoms with E-state index in [-0.39, 0.29) is 12.1 Å². The number of alkyl carbamates (subject to hydrolysis) is 1. The second-order valence-corrected chi connectivity index (χ2v) is 8.52. The van der Waals surface area contributed by atoms with Crippen LogP contribution in [0, 0.1) is 0 Å². The molecule has 1 aliphatic heterocycles. The molecule has 140 valence electrons. The first-order chi connectivity index (χ1) is 12.1. The second-order valence-electron chi connectivity index (χ2n) is 8.13. The van der Waals surface area contributed by atoms with Crippen molar-refractivity contribution in [1.82, 2.24) is 10.3 Å². The van der Waals surface area contributed by atoms with Crippen LogP contribution in [0.25, 0.3) is 10.8 Å². The molecule has 0 bridgehead atoms. The molecular weight excluding hydrogens is 350 g/mol. The first-order valence-corrected chi connectivity index (χ1v) is 9.34. The van der Waals surface area contributed by atoms with E-state index in [0.717, 1.165) is 29.5 Å². The Morgan fingerprint density at radius 1 is 1.31 bits per heavy atom. The standard InChI is InChI=1S/C20H26ClN3O2/c1-12(2)14-6-7-17(16-9-22-18(21)8-15(14)16)24-10-13(11-24)23-19(25)26-20(3,4)5/h6-9,12-13H,10-11H2,1-5H3,(H,23,25). The molecule has 2 heterocycles. The van der Waals surface area contributed by atoms with Crippen LogP contribution in [-0.2, 0) is 4.74 Å². The quantitative estimate of drug-likeness (QED) is 0.788. The molecule has 1 saturated heterocycles. The molecule has 1 amide bonds. The van der Waals surface area contributed by atoms with Gasteiger partial charge in [0.1, 0.15) is 10.8 Å². The zero-order valence-electron chi connectivity index (χ0n) is 16.0. The van der Waals surface area contributed by atoms with Crippen molar-refractivity contribution >= 4 is 34.2 Å². The summed E-state index contributed by atoms with van der Waals surface area (Å²) in [7, 11) is 0. The number of nitrogens with zero attached hydrogens (tertiary/aromatic N) is 2. The molecule has 6 heteroatoms. The van der Waals surface area contributed by atoms with Gasteiger partial charge < -0.3 is 15.0 Å². The minimum absolute atomic E-state index is 0.0879. The predicted molar refractivity (Wildman–Crippen MR) is 106 cm³/mol. The number of rotatable bonds is 3. The summed E-state index contributed by atoms with van der Waals surface area (Å²) in [6, 6.07) is 6.32. The van der Waals surface area contributed by atoms with E-state index in [1.807, 2.05) is 33.0 Å². The van der Waals surface area contributed by atoms with Crippen molar-refractivity contribution < 1.29 is 9.53 Å². The van der Waals surface area contributed by atoms with Gasteiger partial charge in [-0.2, -0.15) is 0 Å². The zero-order valence-corrected chi connectivity index (χ0v) is 16.7. The Kier molecular flexibility index (Phi) is 5.02. The monoisotopic (exact) mass is 375 g/mol. The number of hydrogen-bond donors (Lipinski definition) is 1. The molecule has 1 aromatic heterocycles. The van der Waals surface area contributed by atoms with Gasteiger partial charge in [-0.1, -0.05) is 31.5 Å². The maximum absolute atomic E-state index is 11.9. The Hall–Kier alpha value is -2.01. The van der Waals surface area contributed by atoms with Crippen molar-refractivity contribution in [3.05, 3.63) is 35.1 Å². The Morgan fingerprint density at radius 3 is 2.62 bits per heavy atom. The van der Waals surface area contributed by atoms with E-state index in [2.05, 4.69) is 41.2 Å². The average molecular weight is 376 g/mol.